The second-order valence-electron chi connectivity index (χ2n) is 6.04. The maximum atomic E-state index is 5.99. The summed E-state index contributed by atoms with van der Waals surface area (Å²) < 4.78 is 5.99. The van der Waals surface area contributed by atoms with Crippen molar-refractivity contribution < 1.29 is 4.74 Å². The van der Waals surface area contributed by atoms with Gasteiger partial charge in [-0.3, -0.25) is 4.98 Å². The van der Waals surface area contributed by atoms with Crippen molar-refractivity contribution in [1.29, 1.82) is 0 Å². The summed E-state index contributed by atoms with van der Waals surface area (Å²) in [4.78, 5) is 4.58. The highest BCUT2D eigenvalue weighted by atomic mass is 16.5. The van der Waals surface area contributed by atoms with Crippen LogP contribution >= 0.6 is 0 Å². The Morgan fingerprint density at radius 3 is 2.90 bits per heavy atom. The maximum absolute atomic E-state index is 5.99. The Morgan fingerprint density at radius 1 is 1.33 bits per heavy atom. The van der Waals surface area contributed by atoms with Gasteiger partial charge in [0.15, 0.2) is 0 Å². The molecule has 1 aromatic carbocycles. The van der Waals surface area contributed by atoms with Crippen LogP contribution in [0.3, 0.4) is 0 Å². The molecular weight excluding hydrogens is 260 g/mol. The van der Waals surface area contributed by atoms with Crippen LogP contribution in [-0.4, -0.2) is 24.2 Å². The molecule has 0 saturated carbocycles. The van der Waals surface area contributed by atoms with E-state index >= 15 is 0 Å². The zero-order valence-corrected chi connectivity index (χ0v) is 13.1. The second-order valence-corrected chi connectivity index (χ2v) is 6.04. The molecule has 1 saturated heterocycles. The summed E-state index contributed by atoms with van der Waals surface area (Å²) in [5.41, 5.74) is 3.43. The molecule has 0 amide bonds. The fourth-order valence-electron chi connectivity index (χ4n) is 3.23. The summed E-state index contributed by atoms with van der Waals surface area (Å²) in [6.07, 6.45) is 1.42. The molecule has 1 aromatic heterocycles. The Bertz CT molecular complexity index is 626. The Morgan fingerprint density at radius 2 is 2.19 bits per heavy atom. The van der Waals surface area contributed by atoms with Gasteiger partial charge in [0.05, 0.1) is 17.7 Å². The van der Waals surface area contributed by atoms with Crippen LogP contribution in [0.2, 0.25) is 0 Å². The van der Waals surface area contributed by atoms with Crippen LogP contribution in [-0.2, 0) is 4.74 Å². The lowest BCUT2D eigenvalue weighted by Crippen LogP contribution is -2.34. The Labute approximate surface area is 126 Å². The van der Waals surface area contributed by atoms with Gasteiger partial charge in [0.25, 0.3) is 0 Å². The monoisotopic (exact) mass is 284 g/mol. The molecule has 2 aromatic rings. The van der Waals surface area contributed by atoms with E-state index < -0.39 is 0 Å². The summed E-state index contributed by atoms with van der Waals surface area (Å²) in [7, 11) is 0. The van der Waals surface area contributed by atoms with Crippen molar-refractivity contribution in [3.8, 4) is 0 Å². The molecule has 0 radical (unpaired) electrons. The number of likely N-dealkylation sites (N-methyl/N-ethyl adjacent to an activating group) is 1. The van der Waals surface area contributed by atoms with Crippen LogP contribution in [0.25, 0.3) is 10.9 Å². The van der Waals surface area contributed by atoms with Crippen molar-refractivity contribution in [2.45, 2.75) is 39.3 Å². The fraction of sp³-hybridized carbons (Fsp3) is 0.500. The third kappa shape index (κ3) is 2.94. The van der Waals surface area contributed by atoms with Crippen LogP contribution < -0.4 is 5.32 Å². The molecule has 0 aliphatic carbocycles. The van der Waals surface area contributed by atoms with Gasteiger partial charge in [0.1, 0.15) is 0 Å². The summed E-state index contributed by atoms with van der Waals surface area (Å²) in [5.74, 6) is 0.598. The summed E-state index contributed by atoms with van der Waals surface area (Å²) in [6, 6.07) is 11.1. The van der Waals surface area contributed by atoms with Gasteiger partial charge >= 0.3 is 0 Å². The van der Waals surface area contributed by atoms with Crippen molar-refractivity contribution >= 4 is 10.9 Å². The molecule has 3 rings (SSSR count). The average molecular weight is 284 g/mol. The van der Waals surface area contributed by atoms with Crippen LogP contribution in [0.15, 0.2) is 30.3 Å². The molecule has 2 heterocycles. The number of hydrogen-bond acceptors (Lipinski definition) is 3. The average Bonchev–Trinajstić information content (AvgIpc) is 2.90. The number of nitrogens with one attached hydrogen (secondary N) is 1. The number of aromatic nitrogens is 1. The minimum absolute atomic E-state index is 0.262. The molecule has 0 spiro atoms. The molecule has 3 atom stereocenters. The summed E-state index contributed by atoms with van der Waals surface area (Å²) in [5, 5.41) is 4.80. The minimum atomic E-state index is 0.262. The standard InChI is InChI=1S/C18H24N2O/c1-4-19-17(18-12(2)9-10-21-18)15-7-8-16-14(11-15)6-5-13(3)20-16/h5-8,11-12,17-19H,4,9-10H2,1-3H3. The quantitative estimate of drug-likeness (QED) is 0.931. The van der Waals surface area contributed by atoms with Crippen molar-refractivity contribution in [2.75, 3.05) is 13.2 Å². The van der Waals surface area contributed by atoms with Gasteiger partial charge in [-0.2, -0.15) is 0 Å². The molecule has 1 N–H and O–H groups in total. The first-order valence-electron chi connectivity index (χ1n) is 7.91. The number of aryl methyl sites for hydroxylation is 1. The van der Waals surface area contributed by atoms with Gasteiger partial charge in [-0.15, -0.1) is 0 Å². The molecule has 21 heavy (non-hydrogen) atoms. The van der Waals surface area contributed by atoms with E-state index in [2.05, 4.69) is 54.5 Å². The van der Waals surface area contributed by atoms with E-state index in [1.54, 1.807) is 0 Å². The maximum Gasteiger partial charge on any atom is 0.0795 e. The van der Waals surface area contributed by atoms with Crippen LogP contribution in [0.5, 0.6) is 0 Å². The van der Waals surface area contributed by atoms with E-state index in [4.69, 9.17) is 4.74 Å². The van der Waals surface area contributed by atoms with E-state index in [1.807, 2.05) is 6.92 Å². The predicted octanol–water partition coefficient (Wildman–Crippen LogP) is 3.62. The van der Waals surface area contributed by atoms with Crippen LogP contribution in [0.4, 0.5) is 0 Å². The lowest BCUT2D eigenvalue weighted by Gasteiger charge is -2.27. The predicted molar refractivity (Wildman–Crippen MR) is 86.4 cm³/mol. The largest absolute Gasteiger partial charge is 0.376 e. The van der Waals surface area contributed by atoms with Crippen LogP contribution in [0, 0.1) is 12.8 Å². The molecule has 1 aliphatic rings. The number of pyridine rings is 1. The van der Waals surface area contributed by atoms with E-state index in [1.165, 1.54) is 10.9 Å². The first-order valence-corrected chi connectivity index (χ1v) is 7.91. The lowest BCUT2D eigenvalue weighted by molar-refractivity contribution is 0.0612. The topological polar surface area (TPSA) is 34.2 Å². The summed E-state index contributed by atoms with van der Waals surface area (Å²) >= 11 is 0. The smallest absolute Gasteiger partial charge is 0.0795 e. The highest BCUT2D eigenvalue weighted by Gasteiger charge is 2.32. The number of nitrogens with zero attached hydrogens (tertiary/aromatic N) is 1. The Hall–Kier alpha value is -1.45. The van der Waals surface area contributed by atoms with Crippen molar-refractivity contribution in [3.63, 3.8) is 0 Å². The third-order valence-corrected chi connectivity index (χ3v) is 4.41. The molecule has 1 fully saturated rings. The van der Waals surface area contributed by atoms with Gasteiger partial charge in [-0.05, 0) is 49.6 Å². The molecule has 3 nitrogen and oxygen atoms in total. The van der Waals surface area contributed by atoms with E-state index in [9.17, 15) is 0 Å². The van der Waals surface area contributed by atoms with E-state index in [0.29, 0.717) is 5.92 Å². The SMILES string of the molecule is CCNC(c1ccc2nc(C)ccc2c1)C1OCCC1C. The zero-order valence-electron chi connectivity index (χ0n) is 13.1. The fourth-order valence-corrected chi connectivity index (χ4v) is 3.23. The molecule has 0 bridgehead atoms. The van der Waals surface area contributed by atoms with Gasteiger partial charge in [0, 0.05) is 17.7 Å². The number of ether oxygens (including phenoxy) is 1. The molecule has 1 aliphatic heterocycles. The molecule has 3 unspecified atom stereocenters. The van der Waals surface area contributed by atoms with Gasteiger partial charge in [0.2, 0.25) is 0 Å². The second kappa shape index (κ2) is 6.12. The zero-order chi connectivity index (χ0) is 14.8. The molecular formula is C18H24N2O. The first-order chi connectivity index (χ1) is 10.2. The Kier molecular flexibility index (Phi) is 4.22. The van der Waals surface area contributed by atoms with E-state index in [0.717, 1.165) is 30.8 Å². The van der Waals surface area contributed by atoms with Crippen molar-refractivity contribution in [2.24, 2.45) is 5.92 Å². The number of fused-ring (bicyclic) bond motifs is 1. The van der Waals surface area contributed by atoms with Crippen LogP contribution in [0.1, 0.15) is 37.6 Å². The highest BCUT2D eigenvalue weighted by molar-refractivity contribution is 5.79. The molecule has 112 valence electrons. The number of rotatable bonds is 4. The number of benzene rings is 1. The van der Waals surface area contributed by atoms with Crippen molar-refractivity contribution in [1.82, 2.24) is 10.3 Å². The van der Waals surface area contributed by atoms with Crippen molar-refractivity contribution in [3.05, 3.63) is 41.6 Å². The first kappa shape index (κ1) is 14.5. The highest BCUT2D eigenvalue weighted by Crippen LogP contribution is 2.32. The molecule has 3 heteroatoms. The van der Waals surface area contributed by atoms with E-state index in [-0.39, 0.29) is 12.1 Å². The van der Waals surface area contributed by atoms with Gasteiger partial charge in [-0.1, -0.05) is 26.0 Å². The lowest BCUT2D eigenvalue weighted by atomic mass is 9.91. The van der Waals surface area contributed by atoms with Gasteiger partial charge in [-0.25, -0.2) is 0 Å². The normalized spacial score (nSPS) is 23.6. The third-order valence-electron chi connectivity index (χ3n) is 4.41. The number of hydrogen-bond donors (Lipinski definition) is 1. The Balaban J connectivity index is 1.96. The minimum Gasteiger partial charge on any atom is -0.376 e. The van der Waals surface area contributed by atoms with Gasteiger partial charge < -0.3 is 10.1 Å². The summed E-state index contributed by atoms with van der Waals surface area (Å²) in [6.45, 7) is 8.29.